The third kappa shape index (κ3) is 2.15. The van der Waals surface area contributed by atoms with E-state index in [9.17, 15) is 4.79 Å². The quantitative estimate of drug-likeness (QED) is 0.723. The first kappa shape index (κ1) is 10.1. The number of hydrogen-bond acceptors (Lipinski definition) is 3. The van der Waals surface area contributed by atoms with Crippen molar-refractivity contribution < 1.29 is 4.79 Å². The Hall–Kier alpha value is -1.42. The molecular weight excluding hydrogens is 190 g/mol. The van der Waals surface area contributed by atoms with Crippen LogP contribution in [-0.4, -0.2) is 42.0 Å². The fourth-order valence-corrected chi connectivity index (χ4v) is 1.73. The number of piperazine rings is 1. The summed E-state index contributed by atoms with van der Waals surface area (Å²) in [5.41, 5.74) is 1.53. The Morgan fingerprint density at radius 3 is 2.87 bits per heavy atom. The van der Waals surface area contributed by atoms with Crippen LogP contribution in [0.25, 0.3) is 0 Å². The Kier molecular flexibility index (Phi) is 2.97. The number of carbonyl (C=O) groups excluding carboxylic acids is 1. The number of nitrogens with zero attached hydrogens (tertiary/aromatic N) is 2. The van der Waals surface area contributed by atoms with Crippen molar-refractivity contribution in [3.63, 3.8) is 0 Å². The molecule has 0 atom stereocenters. The number of aromatic nitrogens is 1. The fraction of sp³-hybridized carbons (Fsp3) is 0.455. The number of nitrogens with one attached hydrogen (secondary N) is 1. The van der Waals surface area contributed by atoms with Gasteiger partial charge in [0, 0.05) is 32.4 Å². The molecule has 1 aliphatic rings. The van der Waals surface area contributed by atoms with E-state index in [0.717, 1.165) is 31.7 Å². The molecule has 2 rings (SSSR count). The Morgan fingerprint density at radius 2 is 2.20 bits per heavy atom. The van der Waals surface area contributed by atoms with Crippen LogP contribution in [0.2, 0.25) is 0 Å². The van der Waals surface area contributed by atoms with E-state index in [1.807, 2.05) is 24.0 Å². The molecule has 4 nitrogen and oxygen atoms in total. The molecule has 0 spiro atoms. The molecular formula is C11H15N3O. The molecule has 1 aliphatic heterocycles. The van der Waals surface area contributed by atoms with Gasteiger partial charge in [-0.25, -0.2) is 0 Å². The molecule has 4 heteroatoms. The van der Waals surface area contributed by atoms with Gasteiger partial charge in [0.05, 0.1) is 0 Å². The predicted octanol–water partition coefficient (Wildman–Crippen LogP) is 0.435. The highest BCUT2D eigenvalue weighted by molar-refractivity contribution is 5.93. The lowest BCUT2D eigenvalue weighted by atomic mass is 10.2. The molecule has 0 aromatic carbocycles. The minimum absolute atomic E-state index is 0.0506. The summed E-state index contributed by atoms with van der Waals surface area (Å²) >= 11 is 0. The van der Waals surface area contributed by atoms with E-state index in [2.05, 4.69) is 10.3 Å². The van der Waals surface area contributed by atoms with Crippen LogP contribution in [-0.2, 0) is 0 Å². The van der Waals surface area contributed by atoms with Crippen molar-refractivity contribution in [3.8, 4) is 0 Å². The lowest BCUT2D eigenvalue weighted by Crippen LogP contribution is -2.46. The highest BCUT2D eigenvalue weighted by Gasteiger charge is 2.19. The molecule has 1 aromatic rings. The fourth-order valence-electron chi connectivity index (χ4n) is 1.73. The number of aryl methyl sites for hydroxylation is 1. The maximum Gasteiger partial charge on any atom is 0.272 e. The number of carbonyl (C=O) groups is 1. The molecule has 0 unspecified atom stereocenters. The third-order valence-corrected chi connectivity index (χ3v) is 2.62. The van der Waals surface area contributed by atoms with Crippen LogP contribution in [0.15, 0.2) is 18.3 Å². The van der Waals surface area contributed by atoms with Crippen LogP contribution in [0.4, 0.5) is 0 Å². The average Bonchev–Trinajstić information content (AvgIpc) is 2.30. The molecule has 15 heavy (non-hydrogen) atoms. The van der Waals surface area contributed by atoms with Gasteiger partial charge in [0.2, 0.25) is 0 Å². The minimum atomic E-state index is 0.0506. The first-order chi connectivity index (χ1) is 7.29. The van der Waals surface area contributed by atoms with Gasteiger partial charge in [-0.05, 0) is 18.6 Å². The summed E-state index contributed by atoms with van der Waals surface area (Å²) in [5, 5.41) is 3.22. The van der Waals surface area contributed by atoms with E-state index in [1.54, 1.807) is 6.20 Å². The highest BCUT2D eigenvalue weighted by Crippen LogP contribution is 2.07. The molecule has 1 fully saturated rings. The summed E-state index contributed by atoms with van der Waals surface area (Å²) in [5.74, 6) is 0.0506. The van der Waals surface area contributed by atoms with E-state index in [1.165, 1.54) is 0 Å². The van der Waals surface area contributed by atoms with E-state index in [-0.39, 0.29) is 5.91 Å². The number of rotatable bonds is 1. The molecule has 1 N–H and O–H groups in total. The first-order valence-corrected chi connectivity index (χ1v) is 5.20. The van der Waals surface area contributed by atoms with Crippen molar-refractivity contribution in [2.24, 2.45) is 0 Å². The van der Waals surface area contributed by atoms with Gasteiger partial charge in [-0.3, -0.25) is 9.78 Å². The van der Waals surface area contributed by atoms with Crippen molar-refractivity contribution in [1.29, 1.82) is 0 Å². The summed E-state index contributed by atoms with van der Waals surface area (Å²) in [7, 11) is 0. The smallest absolute Gasteiger partial charge is 0.272 e. The van der Waals surface area contributed by atoms with Crippen molar-refractivity contribution in [2.45, 2.75) is 6.92 Å². The predicted molar refractivity (Wildman–Crippen MR) is 57.7 cm³/mol. The van der Waals surface area contributed by atoms with Gasteiger partial charge in [0.25, 0.3) is 5.91 Å². The van der Waals surface area contributed by atoms with Crippen molar-refractivity contribution in [2.75, 3.05) is 26.2 Å². The van der Waals surface area contributed by atoms with Crippen molar-refractivity contribution in [3.05, 3.63) is 29.6 Å². The standard InChI is InChI=1S/C11H15N3O/c1-9-3-2-4-13-10(9)11(15)14-7-5-12-6-8-14/h2-4,12H,5-8H2,1H3. The number of hydrogen-bond donors (Lipinski definition) is 1. The molecule has 0 saturated carbocycles. The summed E-state index contributed by atoms with van der Waals surface area (Å²) in [6.45, 7) is 5.21. The van der Waals surface area contributed by atoms with Gasteiger partial charge >= 0.3 is 0 Å². The topological polar surface area (TPSA) is 45.2 Å². The molecule has 0 aliphatic carbocycles. The SMILES string of the molecule is Cc1cccnc1C(=O)N1CCNCC1. The monoisotopic (exact) mass is 205 g/mol. The summed E-state index contributed by atoms with van der Waals surface area (Å²) in [6.07, 6.45) is 1.67. The van der Waals surface area contributed by atoms with Crippen molar-refractivity contribution >= 4 is 5.91 Å². The molecule has 1 aromatic heterocycles. The van der Waals surface area contributed by atoms with Crippen molar-refractivity contribution in [1.82, 2.24) is 15.2 Å². The first-order valence-electron chi connectivity index (χ1n) is 5.20. The second kappa shape index (κ2) is 4.40. The Morgan fingerprint density at radius 1 is 1.47 bits per heavy atom. The average molecular weight is 205 g/mol. The molecule has 80 valence electrons. The van der Waals surface area contributed by atoms with Gasteiger partial charge in [-0.2, -0.15) is 0 Å². The normalized spacial score (nSPS) is 16.5. The van der Waals surface area contributed by atoms with E-state index in [0.29, 0.717) is 5.69 Å². The van der Waals surface area contributed by atoms with Gasteiger partial charge in [-0.15, -0.1) is 0 Å². The molecule has 0 radical (unpaired) electrons. The Balaban J connectivity index is 2.16. The maximum absolute atomic E-state index is 12.1. The molecule has 1 saturated heterocycles. The largest absolute Gasteiger partial charge is 0.335 e. The van der Waals surface area contributed by atoms with Gasteiger partial charge < -0.3 is 10.2 Å². The molecule has 2 heterocycles. The van der Waals surface area contributed by atoms with E-state index in [4.69, 9.17) is 0 Å². The maximum atomic E-state index is 12.1. The summed E-state index contributed by atoms with van der Waals surface area (Å²) < 4.78 is 0. The number of pyridine rings is 1. The zero-order valence-electron chi connectivity index (χ0n) is 8.86. The van der Waals surface area contributed by atoms with Crippen LogP contribution in [0.3, 0.4) is 0 Å². The van der Waals surface area contributed by atoms with Crippen LogP contribution < -0.4 is 5.32 Å². The lowest BCUT2D eigenvalue weighted by molar-refractivity contribution is 0.0729. The Bertz CT molecular complexity index is 359. The van der Waals surface area contributed by atoms with Crippen LogP contribution in [0.1, 0.15) is 16.1 Å². The molecule has 1 amide bonds. The van der Waals surface area contributed by atoms with Crippen LogP contribution in [0, 0.1) is 6.92 Å². The summed E-state index contributed by atoms with van der Waals surface area (Å²) in [6, 6.07) is 3.77. The zero-order valence-corrected chi connectivity index (χ0v) is 8.86. The molecule has 0 bridgehead atoms. The highest BCUT2D eigenvalue weighted by atomic mass is 16.2. The van der Waals surface area contributed by atoms with E-state index >= 15 is 0 Å². The van der Waals surface area contributed by atoms with Crippen LogP contribution >= 0.6 is 0 Å². The third-order valence-electron chi connectivity index (χ3n) is 2.62. The Labute approximate surface area is 89.3 Å². The lowest BCUT2D eigenvalue weighted by Gasteiger charge is -2.27. The minimum Gasteiger partial charge on any atom is -0.335 e. The summed E-state index contributed by atoms with van der Waals surface area (Å²) in [4.78, 5) is 18.1. The van der Waals surface area contributed by atoms with E-state index < -0.39 is 0 Å². The second-order valence-corrected chi connectivity index (χ2v) is 3.71. The van der Waals surface area contributed by atoms with Gasteiger partial charge in [-0.1, -0.05) is 6.07 Å². The van der Waals surface area contributed by atoms with Gasteiger partial charge in [0.1, 0.15) is 5.69 Å². The second-order valence-electron chi connectivity index (χ2n) is 3.71. The zero-order chi connectivity index (χ0) is 10.7. The number of amides is 1. The van der Waals surface area contributed by atoms with Gasteiger partial charge in [0.15, 0.2) is 0 Å². The van der Waals surface area contributed by atoms with Crippen LogP contribution in [0.5, 0.6) is 0 Å².